The van der Waals surface area contributed by atoms with E-state index in [1.54, 1.807) is 0 Å². The van der Waals surface area contributed by atoms with Crippen molar-refractivity contribution in [1.29, 1.82) is 0 Å². The molecular weight excluding hydrogens is 765 g/mol. The Morgan fingerprint density at radius 2 is 0.617 bits per heavy atom. The summed E-state index contributed by atoms with van der Waals surface area (Å²) in [7, 11) is -5.24. The number of phenols is 2. The molecule has 8 aromatic rings. The normalized spacial score (nSPS) is 13.0. The standard InChI is InChI=1S/C54H48N2O2Si2/c1-59(45-29-13-5-14-30-45,46-31-15-6-16-32-46)49-37-21-27-43(53(49)57)39-55-51(41-23-9-3-10-24-41)52(42-25-11-4-12-26-42)56-40-44-28-22-38-50(54(44)58)60(2,47-33-17-7-18-34-47)48-35-19-8-20-36-48/h3-40,51-52,57-58H,1-2H3/b55-39+,56-40+/t51-,52-/m1/s1. The molecule has 0 heterocycles. The van der Waals surface area contributed by atoms with E-state index in [0.717, 1.165) is 21.5 Å². The molecule has 0 radical (unpaired) electrons. The third-order valence-corrected chi connectivity index (χ3v) is 20.9. The molecule has 0 spiro atoms. The molecule has 2 N–H and O–H groups in total. The van der Waals surface area contributed by atoms with E-state index in [2.05, 4.69) is 147 Å². The van der Waals surface area contributed by atoms with Gasteiger partial charge < -0.3 is 10.2 Å². The average Bonchev–Trinajstić information content (AvgIpc) is 3.32. The van der Waals surface area contributed by atoms with Gasteiger partial charge in [-0.15, -0.1) is 0 Å². The van der Waals surface area contributed by atoms with Crippen LogP contribution in [0.1, 0.15) is 34.3 Å². The third kappa shape index (κ3) is 7.95. The molecule has 0 amide bonds. The Hall–Kier alpha value is -6.87. The van der Waals surface area contributed by atoms with Gasteiger partial charge in [0.25, 0.3) is 0 Å². The molecule has 2 atom stereocenters. The van der Waals surface area contributed by atoms with Gasteiger partial charge in [-0.25, -0.2) is 0 Å². The van der Waals surface area contributed by atoms with Crippen LogP contribution in [0.2, 0.25) is 13.1 Å². The molecule has 0 aliphatic heterocycles. The van der Waals surface area contributed by atoms with E-state index in [0.29, 0.717) is 11.1 Å². The Balaban J connectivity index is 1.22. The zero-order valence-electron chi connectivity index (χ0n) is 33.9. The van der Waals surface area contributed by atoms with Crippen molar-refractivity contribution in [2.75, 3.05) is 0 Å². The first kappa shape index (κ1) is 39.9. The van der Waals surface area contributed by atoms with Gasteiger partial charge in [0.2, 0.25) is 0 Å². The van der Waals surface area contributed by atoms with E-state index in [9.17, 15) is 10.2 Å². The number of para-hydroxylation sites is 2. The fourth-order valence-electron chi connectivity index (χ4n) is 8.50. The summed E-state index contributed by atoms with van der Waals surface area (Å²) in [5.74, 6) is 0.473. The predicted octanol–water partition coefficient (Wildman–Crippen LogP) is 8.32. The van der Waals surface area contributed by atoms with Gasteiger partial charge in [-0.2, -0.15) is 0 Å². The lowest BCUT2D eigenvalue weighted by atomic mass is 9.94. The number of benzene rings is 8. The minimum absolute atomic E-state index is 0.237. The minimum Gasteiger partial charge on any atom is -0.507 e. The van der Waals surface area contributed by atoms with Crippen molar-refractivity contribution in [1.82, 2.24) is 0 Å². The Kier molecular flexibility index (Phi) is 12.0. The van der Waals surface area contributed by atoms with Crippen LogP contribution in [-0.4, -0.2) is 38.8 Å². The molecule has 294 valence electrons. The number of rotatable bonds is 13. The molecule has 0 saturated heterocycles. The Labute approximate surface area is 355 Å². The SMILES string of the molecule is C[Si](c1ccccc1)(c1ccccc1)c1cccc(/C=N/[C@H](c2ccccc2)[C@H](/N=C/c2cccc([Si](C)(c3ccccc3)c3ccccc3)c2O)c2ccccc2)c1O. The number of aliphatic imine (C=N–C) groups is 2. The highest BCUT2D eigenvalue weighted by Crippen LogP contribution is 2.36. The second-order valence-corrected chi connectivity index (χ2v) is 23.4. The first-order valence-corrected chi connectivity index (χ1v) is 25.4. The molecule has 8 aromatic carbocycles. The van der Waals surface area contributed by atoms with E-state index in [4.69, 9.17) is 9.98 Å². The van der Waals surface area contributed by atoms with Gasteiger partial charge in [-0.3, -0.25) is 9.98 Å². The first-order chi connectivity index (χ1) is 29.4. The van der Waals surface area contributed by atoms with Gasteiger partial charge in [-0.1, -0.05) is 219 Å². The summed E-state index contributed by atoms with van der Waals surface area (Å²) in [6, 6.07) is 73.6. The topological polar surface area (TPSA) is 65.2 Å². The molecule has 0 aromatic heterocycles. The molecule has 0 unspecified atom stereocenters. The lowest BCUT2D eigenvalue weighted by molar-refractivity contribution is 0.477. The van der Waals surface area contributed by atoms with Crippen LogP contribution in [0.3, 0.4) is 0 Å². The van der Waals surface area contributed by atoms with Crippen LogP contribution < -0.4 is 31.1 Å². The van der Waals surface area contributed by atoms with Gasteiger partial charge in [-0.05, 0) is 54.4 Å². The molecule has 0 aliphatic carbocycles. The quantitative estimate of drug-likeness (QED) is 0.0700. The van der Waals surface area contributed by atoms with E-state index in [1.807, 2.05) is 97.4 Å². The second kappa shape index (κ2) is 18.0. The van der Waals surface area contributed by atoms with Crippen LogP contribution in [0, 0.1) is 0 Å². The number of hydrogen-bond acceptors (Lipinski definition) is 4. The smallest absolute Gasteiger partial charge is 0.150 e. The largest absolute Gasteiger partial charge is 0.507 e. The molecular formula is C54H48N2O2Si2. The van der Waals surface area contributed by atoms with Crippen molar-refractivity contribution in [2.24, 2.45) is 9.98 Å². The van der Waals surface area contributed by atoms with E-state index in [1.165, 1.54) is 20.7 Å². The lowest BCUT2D eigenvalue weighted by Gasteiger charge is -2.30. The van der Waals surface area contributed by atoms with E-state index >= 15 is 0 Å². The van der Waals surface area contributed by atoms with Gasteiger partial charge in [0.15, 0.2) is 0 Å². The summed E-state index contributed by atoms with van der Waals surface area (Å²) in [6.07, 6.45) is 3.61. The third-order valence-electron chi connectivity index (χ3n) is 11.9. The van der Waals surface area contributed by atoms with E-state index < -0.39 is 28.2 Å². The zero-order chi connectivity index (χ0) is 41.4. The van der Waals surface area contributed by atoms with Crippen molar-refractivity contribution in [2.45, 2.75) is 25.2 Å². The average molecular weight is 813 g/mol. The van der Waals surface area contributed by atoms with Crippen molar-refractivity contribution >= 4 is 59.7 Å². The fraction of sp³-hybridized carbons (Fsp3) is 0.0741. The van der Waals surface area contributed by atoms with Crippen molar-refractivity contribution in [3.63, 3.8) is 0 Å². The summed E-state index contributed by atoms with van der Waals surface area (Å²) < 4.78 is 0. The van der Waals surface area contributed by atoms with Crippen LogP contribution in [0.15, 0.2) is 228 Å². The number of nitrogens with zero attached hydrogens (tertiary/aromatic N) is 2. The molecule has 60 heavy (non-hydrogen) atoms. The number of phenolic OH excluding ortho intramolecular Hbond substituents is 2. The molecule has 6 heteroatoms. The van der Waals surface area contributed by atoms with Crippen LogP contribution in [0.4, 0.5) is 0 Å². The van der Waals surface area contributed by atoms with Gasteiger partial charge in [0, 0.05) is 23.6 Å². The molecule has 4 nitrogen and oxygen atoms in total. The van der Waals surface area contributed by atoms with Crippen LogP contribution in [0.25, 0.3) is 0 Å². The first-order valence-electron chi connectivity index (χ1n) is 20.4. The summed E-state index contributed by atoms with van der Waals surface area (Å²) in [6.45, 7) is 4.60. The van der Waals surface area contributed by atoms with Crippen LogP contribution in [-0.2, 0) is 0 Å². The molecule has 0 fully saturated rings. The number of aromatic hydroxyl groups is 2. The predicted molar refractivity (Wildman–Crippen MR) is 257 cm³/mol. The summed E-state index contributed by atoms with van der Waals surface area (Å²) in [4.78, 5) is 10.6. The Morgan fingerprint density at radius 1 is 0.350 bits per heavy atom. The Bertz CT molecular complexity index is 2430. The van der Waals surface area contributed by atoms with E-state index in [-0.39, 0.29) is 11.5 Å². The van der Waals surface area contributed by atoms with Crippen molar-refractivity contribution < 1.29 is 10.2 Å². The zero-order valence-corrected chi connectivity index (χ0v) is 35.9. The highest BCUT2D eigenvalue weighted by atomic mass is 28.3. The van der Waals surface area contributed by atoms with Crippen molar-refractivity contribution in [3.8, 4) is 11.5 Å². The van der Waals surface area contributed by atoms with Gasteiger partial charge >= 0.3 is 0 Å². The fourth-order valence-corrected chi connectivity index (χ4v) is 15.9. The minimum atomic E-state index is -2.62. The summed E-state index contributed by atoms with van der Waals surface area (Å²) >= 11 is 0. The van der Waals surface area contributed by atoms with Crippen molar-refractivity contribution in [3.05, 3.63) is 241 Å². The molecule has 0 saturated carbocycles. The summed E-state index contributed by atoms with van der Waals surface area (Å²) in [5, 5.41) is 31.1. The highest BCUT2D eigenvalue weighted by molar-refractivity contribution is 7.11. The highest BCUT2D eigenvalue weighted by Gasteiger charge is 2.38. The van der Waals surface area contributed by atoms with Crippen LogP contribution >= 0.6 is 0 Å². The maximum atomic E-state index is 12.2. The van der Waals surface area contributed by atoms with Gasteiger partial charge in [0.05, 0.1) is 0 Å². The Morgan fingerprint density at radius 3 is 0.900 bits per heavy atom. The summed E-state index contributed by atoms with van der Waals surface area (Å²) in [5.41, 5.74) is 3.25. The molecule has 0 aliphatic rings. The maximum absolute atomic E-state index is 12.2. The van der Waals surface area contributed by atoms with Crippen LogP contribution in [0.5, 0.6) is 11.5 Å². The van der Waals surface area contributed by atoms with Gasteiger partial charge in [0.1, 0.15) is 39.7 Å². The second-order valence-electron chi connectivity index (χ2n) is 15.5. The monoisotopic (exact) mass is 812 g/mol. The maximum Gasteiger partial charge on any atom is 0.150 e. The molecule has 8 rings (SSSR count). The lowest BCUT2D eigenvalue weighted by Crippen LogP contribution is -2.64. The number of hydrogen-bond donors (Lipinski definition) is 2. The molecule has 0 bridgehead atoms.